The van der Waals surface area contributed by atoms with Crippen molar-refractivity contribution in [3.8, 4) is 0 Å². The van der Waals surface area contributed by atoms with E-state index >= 15 is 0 Å². The largest absolute Gasteiger partial charge is 1.00 e. The molecule has 0 aliphatic carbocycles. The average molecular weight is 216 g/mol. The van der Waals surface area contributed by atoms with E-state index in [-0.39, 0.29) is 118 Å². The van der Waals surface area contributed by atoms with E-state index in [1.807, 2.05) is 0 Å². The smallest absolute Gasteiger partial charge is 0.857 e. The van der Waals surface area contributed by atoms with Gasteiger partial charge in [0.05, 0.1) is 0 Å². The molecule has 0 aliphatic heterocycles. The van der Waals surface area contributed by atoms with E-state index < -0.39 is 0 Å². The summed E-state index contributed by atoms with van der Waals surface area (Å²) >= 11 is 0. The molecule has 56 valence electrons. The Morgan fingerprint density at radius 3 is 0.333 bits per heavy atom. The van der Waals surface area contributed by atoms with Crippen LogP contribution in [0.25, 0.3) is 0 Å². The maximum atomic E-state index is 8.25. The van der Waals surface area contributed by atoms with Gasteiger partial charge in [-0.2, -0.15) is 28.4 Å². The monoisotopic (exact) mass is 216 g/mol. The Morgan fingerprint density at radius 2 is 0.333 bits per heavy atom. The SMILES string of the molecule is C[O-].C[O-].C[O-].C[O-].[Na+].[Na+].[Na+].[Na+]. The minimum atomic E-state index is 0. The van der Waals surface area contributed by atoms with Gasteiger partial charge in [0.15, 0.2) is 0 Å². The first-order valence-corrected chi connectivity index (χ1v) is 1.63. The van der Waals surface area contributed by atoms with Crippen LogP contribution >= 0.6 is 0 Å². The summed E-state index contributed by atoms with van der Waals surface area (Å²) in [5, 5.41) is 33.0. The van der Waals surface area contributed by atoms with Crippen LogP contribution < -0.4 is 139 Å². The molecule has 4 nitrogen and oxygen atoms in total. The van der Waals surface area contributed by atoms with Gasteiger partial charge in [-0.1, -0.05) is 0 Å². The van der Waals surface area contributed by atoms with Crippen LogP contribution in [0.15, 0.2) is 0 Å². The summed E-state index contributed by atoms with van der Waals surface area (Å²) in [6.07, 6.45) is 0. The van der Waals surface area contributed by atoms with Crippen molar-refractivity contribution in [1.29, 1.82) is 0 Å². The second-order valence-corrected chi connectivity index (χ2v) is 0. The molecule has 0 spiro atoms. The molecule has 0 radical (unpaired) electrons. The summed E-state index contributed by atoms with van der Waals surface area (Å²) in [4.78, 5) is 0. The van der Waals surface area contributed by atoms with Crippen molar-refractivity contribution in [2.24, 2.45) is 0 Å². The zero-order chi connectivity index (χ0) is 8.00. The van der Waals surface area contributed by atoms with Crippen molar-refractivity contribution in [1.82, 2.24) is 0 Å². The molecule has 0 aliphatic rings. The molecular weight excluding hydrogens is 204 g/mol. The van der Waals surface area contributed by atoms with Gasteiger partial charge < -0.3 is 20.4 Å². The maximum Gasteiger partial charge on any atom is 1.00 e. The van der Waals surface area contributed by atoms with Crippen molar-refractivity contribution in [2.75, 3.05) is 28.4 Å². The molecule has 0 bridgehead atoms. The Kier molecular flexibility index (Phi) is 912. The van der Waals surface area contributed by atoms with Crippen molar-refractivity contribution < 1.29 is 139 Å². The summed E-state index contributed by atoms with van der Waals surface area (Å²) in [6.45, 7) is 0. The fourth-order valence-corrected chi connectivity index (χ4v) is 0. The van der Waals surface area contributed by atoms with Gasteiger partial charge in [-0.3, -0.25) is 0 Å². The Balaban J connectivity index is -0.00000000267. The van der Waals surface area contributed by atoms with Gasteiger partial charge >= 0.3 is 118 Å². The van der Waals surface area contributed by atoms with Gasteiger partial charge in [0.1, 0.15) is 0 Å². The van der Waals surface area contributed by atoms with Crippen LogP contribution in [0.4, 0.5) is 0 Å². The molecule has 0 atom stereocenters. The summed E-state index contributed by atoms with van der Waals surface area (Å²) in [6, 6.07) is 0. The van der Waals surface area contributed by atoms with Gasteiger partial charge in [-0.15, -0.1) is 0 Å². The average Bonchev–Trinajstić information content (AvgIpc) is 2.03. The van der Waals surface area contributed by atoms with E-state index in [1.165, 1.54) is 0 Å². The van der Waals surface area contributed by atoms with E-state index in [0.29, 0.717) is 0 Å². The Labute approximate surface area is 164 Å². The third-order valence-corrected chi connectivity index (χ3v) is 0. The molecule has 0 unspecified atom stereocenters. The van der Waals surface area contributed by atoms with Gasteiger partial charge in [0.25, 0.3) is 0 Å². The van der Waals surface area contributed by atoms with Gasteiger partial charge in [-0.05, 0) is 0 Å². The molecule has 0 aromatic heterocycles. The van der Waals surface area contributed by atoms with E-state index in [0.717, 1.165) is 28.4 Å². The number of rotatable bonds is 0. The van der Waals surface area contributed by atoms with Crippen LogP contribution in [-0.2, 0) is 0 Å². The number of hydrogen-bond donors (Lipinski definition) is 0. The summed E-state index contributed by atoms with van der Waals surface area (Å²) in [5.41, 5.74) is 0. The summed E-state index contributed by atoms with van der Waals surface area (Å²) < 4.78 is 0. The standard InChI is InChI=1S/4CH3O.4Na/c4*1-2;;;;/h4*1H3;;;;/q4*-1;4*+1. The van der Waals surface area contributed by atoms with Crippen LogP contribution in [0, 0.1) is 0 Å². The summed E-state index contributed by atoms with van der Waals surface area (Å²) in [7, 11) is 3.00. The van der Waals surface area contributed by atoms with E-state index in [4.69, 9.17) is 20.4 Å². The maximum absolute atomic E-state index is 8.25. The molecule has 0 fully saturated rings. The van der Waals surface area contributed by atoms with Crippen molar-refractivity contribution >= 4 is 0 Å². The second-order valence-electron chi connectivity index (χ2n) is 0. The fourth-order valence-electron chi connectivity index (χ4n) is 0. The van der Waals surface area contributed by atoms with Gasteiger partial charge in [-0.25, -0.2) is 0 Å². The zero-order valence-electron chi connectivity index (χ0n) is 9.63. The molecule has 0 rings (SSSR count). The molecular formula is C4H12Na4O4. The zero-order valence-corrected chi connectivity index (χ0v) is 17.6. The van der Waals surface area contributed by atoms with Crippen LogP contribution in [0.3, 0.4) is 0 Å². The first-order chi connectivity index (χ1) is 4.00. The van der Waals surface area contributed by atoms with Crippen LogP contribution in [-0.4, -0.2) is 28.4 Å². The topological polar surface area (TPSA) is 92.2 Å². The number of hydrogen-bond acceptors (Lipinski definition) is 4. The Bertz CT molecular complexity index is 19.0. The van der Waals surface area contributed by atoms with Crippen LogP contribution in [0.2, 0.25) is 0 Å². The normalized spacial score (nSPS) is 2.00. The first-order valence-electron chi connectivity index (χ1n) is 1.63. The fraction of sp³-hybridized carbons (Fsp3) is 1.00. The Hall–Kier alpha value is 3.84. The quantitative estimate of drug-likeness (QED) is 0.376. The molecule has 8 heteroatoms. The van der Waals surface area contributed by atoms with E-state index in [9.17, 15) is 0 Å². The molecule has 0 saturated carbocycles. The molecule has 0 aromatic rings. The van der Waals surface area contributed by atoms with Crippen molar-refractivity contribution in [3.63, 3.8) is 0 Å². The van der Waals surface area contributed by atoms with Crippen LogP contribution in [0.5, 0.6) is 0 Å². The van der Waals surface area contributed by atoms with Crippen molar-refractivity contribution in [3.05, 3.63) is 0 Å². The molecule has 0 amide bonds. The Morgan fingerprint density at radius 1 is 0.333 bits per heavy atom. The summed E-state index contributed by atoms with van der Waals surface area (Å²) in [5.74, 6) is 0. The first kappa shape index (κ1) is 56.8. The van der Waals surface area contributed by atoms with E-state index in [2.05, 4.69) is 0 Å². The minimum Gasteiger partial charge on any atom is -0.857 e. The van der Waals surface area contributed by atoms with Crippen LogP contribution in [0.1, 0.15) is 0 Å². The second kappa shape index (κ2) is 193. The molecule has 0 heterocycles. The third-order valence-electron chi connectivity index (χ3n) is 0. The molecule has 0 saturated heterocycles. The van der Waals surface area contributed by atoms with Crippen molar-refractivity contribution in [2.45, 2.75) is 0 Å². The van der Waals surface area contributed by atoms with Gasteiger partial charge in [0.2, 0.25) is 0 Å². The molecule has 0 N–H and O–H groups in total. The van der Waals surface area contributed by atoms with Gasteiger partial charge in [0, 0.05) is 0 Å². The molecule has 0 aromatic carbocycles. The molecule has 12 heavy (non-hydrogen) atoms. The van der Waals surface area contributed by atoms with E-state index in [1.54, 1.807) is 0 Å². The predicted octanol–water partition coefficient (Wildman–Crippen LogP) is -16.1. The predicted molar refractivity (Wildman–Crippen MR) is 23.7 cm³/mol. The third kappa shape index (κ3) is 155. The minimum absolute atomic E-state index is 0.